The molecule has 0 bridgehead atoms. The first kappa shape index (κ1) is 31.0. The first-order valence-corrected chi connectivity index (χ1v) is 18.9. The van der Waals surface area contributed by atoms with Crippen molar-refractivity contribution in [1.82, 2.24) is 0 Å². The van der Waals surface area contributed by atoms with Gasteiger partial charge in [0.15, 0.2) is 9.84 Å². The fourth-order valence-electron chi connectivity index (χ4n) is 11.4. The molecule has 4 aliphatic carbocycles. The van der Waals surface area contributed by atoms with Gasteiger partial charge in [0.05, 0.1) is 10.6 Å². The monoisotopic (exact) mass is 600 g/mol. The molecule has 42 heavy (non-hydrogen) atoms. The van der Waals surface area contributed by atoms with Crippen LogP contribution in [0.4, 0.5) is 0 Å². The Morgan fingerprint density at radius 1 is 0.905 bits per heavy atom. The zero-order valence-electron chi connectivity index (χ0n) is 26.8. The molecule has 4 saturated carbocycles. The van der Waals surface area contributed by atoms with Crippen LogP contribution in [0.1, 0.15) is 112 Å². The summed E-state index contributed by atoms with van der Waals surface area (Å²) in [5, 5.41) is 11.7. The molecule has 6 rings (SSSR count). The van der Waals surface area contributed by atoms with Gasteiger partial charge in [0, 0.05) is 12.3 Å². The third kappa shape index (κ3) is 5.43. The van der Waals surface area contributed by atoms with Gasteiger partial charge in [-0.3, -0.25) is 0 Å². The highest BCUT2D eigenvalue weighted by atomic mass is 32.2. The van der Waals surface area contributed by atoms with E-state index in [-0.39, 0.29) is 17.1 Å². The lowest BCUT2D eigenvalue weighted by atomic mass is 9.43. The summed E-state index contributed by atoms with van der Waals surface area (Å²) >= 11 is 0. The normalized spacial score (nSPS) is 44.1. The molecule has 1 saturated heterocycles. The van der Waals surface area contributed by atoms with Crippen LogP contribution in [0.2, 0.25) is 0 Å². The second kappa shape index (κ2) is 11.4. The minimum Gasteiger partial charge on any atom is -0.363 e. The van der Waals surface area contributed by atoms with Crippen LogP contribution >= 0.6 is 0 Å². The molecule has 0 aromatic heterocycles. The van der Waals surface area contributed by atoms with E-state index >= 15 is 0 Å². The van der Waals surface area contributed by atoms with E-state index in [1.807, 2.05) is 6.07 Å². The fourth-order valence-corrected chi connectivity index (χ4v) is 12.8. The number of hydrogen-bond donors (Lipinski definition) is 1. The number of benzene rings is 1. The zero-order chi connectivity index (χ0) is 29.9. The van der Waals surface area contributed by atoms with E-state index in [1.165, 1.54) is 51.4 Å². The van der Waals surface area contributed by atoms with E-state index in [0.29, 0.717) is 35.0 Å². The highest BCUT2D eigenvalue weighted by molar-refractivity contribution is 7.91. The predicted octanol–water partition coefficient (Wildman–Crippen LogP) is 8.22. The van der Waals surface area contributed by atoms with Crippen molar-refractivity contribution in [3.05, 3.63) is 30.3 Å². The molecule has 1 heterocycles. The summed E-state index contributed by atoms with van der Waals surface area (Å²) in [6.45, 7) is 12.4. The highest BCUT2D eigenvalue weighted by Crippen LogP contribution is 2.70. The van der Waals surface area contributed by atoms with Crippen molar-refractivity contribution in [2.75, 3.05) is 5.75 Å². The van der Waals surface area contributed by atoms with Crippen molar-refractivity contribution in [2.45, 2.75) is 128 Å². The van der Waals surface area contributed by atoms with Crippen molar-refractivity contribution >= 4 is 9.84 Å². The van der Waals surface area contributed by atoms with Crippen molar-refractivity contribution in [1.29, 1.82) is 0 Å². The molecule has 5 fully saturated rings. The zero-order valence-corrected chi connectivity index (χ0v) is 27.6. The second-order valence-corrected chi connectivity index (χ2v) is 18.3. The molecule has 1 aromatic rings. The Balaban J connectivity index is 1.15. The molecule has 1 N–H and O–H groups in total. The van der Waals surface area contributed by atoms with Gasteiger partial charge in [-0.15, -0.1) is 0 Å². The van der Waals surface area contributed by atoms with Gasteiger partial charge < -0.3 is 5.11 Å². The summed E-state index contributed by atoms with van der Waals surface area (Å²) in [5.74, 6) is 3.64. The average molecular weight is 601 g/mol. The molecule has 5 aliphatic rings. The van der Waals surface area contributed by atoms with Crippen LogP contribution in [-0.4, -0.2) is 31.2 Å². The van der Waals surface area contributed by atoms with Crippen LogP contribution in [0.5, 0.6) is 0 Å². The Bertz CT molecular complexity index is 1200. The predicted molar refractivity (Wildman–Crippen MR) is 166 cm³/mol. The molecule has 0 spiro atoms. The van der Waals surface area contributed by atoms with Gasteiger partial charge in [-0.05, 0) is 116 Å². The van der Waals surface area contributed by atoms with E-state index in [0.717, 1.165) is 42.4 Å². The van der Waals surface area contributed by atoms with Gasteiger partial charge in [0.2, 0.25) is 5.79 Å². The van der Waals surface area contributed by atoms with E-state index in [4.69, 9.17) is 9.78 Å². The minimum atomic E-state index is -3.50. The van der Waals surface area contributed by atoms with Crippen molar-refractivity contribution in [3.8, 4) is 0 Å². The standard InChI is InChI=1S/C36H56O5S/c1-24(2)10-9-11-25(3)31-16-17-32-30-15-14-26-22-36(37)27(21-35(26,5)33(30)18-19-34(31,32)4)20-28(40-41-36)23-42(38,39)29-12-7-6-8-13-29/h6-8,12-13,24-28,30-33,37H,9-11,14-23H2,1-5H3/t25?,26-,27+,28-,30?,31?,32?,33?,34+,35-,36+/m0/s1. The van der Waals surface area contributed by atoms with Crippen LogP contribution in [-0.2, 0) is 19.6 Å². The summed E-state index contributed by atoms with van der Waals surface area (Å²) < 4.78 is 26.2. The van der Waals surface area contributed by atoms with E-state index in [9.17, 15) is 13.5 Å². The van der Waals surface area contributed by atoms with Crippen molar-refractivity contribution < 1.29 is 23.3 Å². The molecule has 5 nitrogen and oxygen atoms in total. The topological polar surface area (TPSA) is 72.8 Å². The first-order chi connectivity index (χ1) is 19.9. The summed E-state index contributed by atoms with van der Waals surface area (Å²) in [5.41, 5.74) is 0.626. The quantitative estimate of drug-likeness (QED) is 0.304. The summed E-state index contributed by atoms with van der Waals surface area (Å²) in [7, 11) is -3.50. The van der Waals surface area contributed by atoms with Crippen molar-refractivity contribution in [3.63, 3.8) is 0 Å². The van der Waals surface area contributed by atoms with Crippen LogP contribution in [0, 0.1) is 58.2 Å². The molecular weight excluding hydrogens is 544 g/mol. The Labute approximate surface area is 255 Å². The number of hydrogen-bond acceptors (Lipinski definition) is 5. The lowest BCUT2D eigenvalue weighted by Crippen LogP contribution is -2.61. The van der Waals surface area contributed by atoms with Gasteiger partial charge in [0.1, 0.15) is 6.10 Å². The Kier molecular flexibility index (Phi) is 8.46. The van der Waals surface area contributed by atoms with Crippen LogP contribution < -0.4 is 0 Å². The molecule has 1 aliphatic heterocycles. The van der Waals surface area contributed by atoms with Gasteiger partial charge in [0.25, 0.3) is 0 Å². The van der Waals surface area contributed by atoms with Gasteiger partial charge in [-0.1, -0.05) is 72.1 Å². The molecule has 6 heteroatoms. The number of fused-ring (bicyclic) bond motifs is 6. The molecule has 0 radical (unpaired) electrons. The third-order valence-electron chi connectivity index (χ3n) is 13.5. The van der Waals surface area contributed by atoms with Crippen LogP contribution in [0.25, 0.3) is 0 Å². The second-order valence-electron chi connectivity index (χ2n) is 16.3. The lowest BCUT2D eigenvalue weighted by Gasteiger charge is -2.64. The summed E-state index contributed by atoms with van der Waals surface area (Å²) in [6.07, 6.45) is 13.4. The number of sulfone groups is 1. The molecule has 1 aromatic carbocycles. The Morgan fingerprint density at radius 3 is 2.38 bits per heavy atom. The molecule has 0 amide bonds. The molecular formula is C36H56O5S. The van der Waals surface area contributed by atoms with Gasteiger partial charge in [-0.25, -0.2) is 18.2 Å². The SMILES string of the molecule is CC(C)CCCC(C)C1CCC2C3CC[C@H]4C[C@@]5(O)OO[C@H](CS(=O)(=O)c6ccccc6)C[C@@H]5C[C@]4(C)C3CC[C@]12C. The van der Waals surface area contributed by atoms with E-state index < -0.39 is 21.7 Å². The molecule has 5 unspecified atom stereocenters. The maximum atomic E-state index is 13.1. The molecule has 11 atom stereocenters. The first-order valence-electron chi connectivity index (χ1n) is 17.2. The average Bonchev–Trinajstić information content (AvgIpc) is 3.30. The fraction of sp³-hybridized carbons (Fsp3) is 0.833. The Hall–Kier alpha value is -0.950. The largest absolute Gasteiger partial charge is 0.363 e. The summed E-state index contributed by atoms with van der Waals surface area (Å²) in [6, 6.07) is 8.60. The van der Waals surface area contributed by atoms with Crippen molar-refractivity contribution in [2.24, 2.45) is 58.2 Å². The van der Waals surface area contributed by atoms with E-state index in [2.05, 4.69) is 34.6 Å². The smallest absolute Gasteiger partial charge is 0.202 e. The maximum Gasteiger partial charge on any atom is 0.202 e. The number of rotatable bonds is 8. The maximum absolute atomic E-state index is 13.1. The lowest BCUT2D eigenvalue weighted by molar-refractivity contribution is -0.487. The van der Waals surface area contributed by atoms with Crippen LogP contribution in [0.15, 0.2) is 35.2 Å². The minimum absolute atomic E-state index is 0.104. The van der Waals surface area contributed by atoms with Gasteiger partial charge >= 0.3 is 0 Å². The van der Waals surface area contributed by atoms with Crippen LogP contribution in [0.3, 0.4) is 0 Å². The third-order valence-corrected chi connectivity index (χ3v) is 15.3. The Morgan fingerprint density at radius 2 is 1.64 bits per heavy atom. The highest BCUT2D eigenvalue weighted by Gasteiger charge is 2.64. The summed E-state index contributed by atoms with van der Waals surface area (Å²) in [4.78, 5) is 11.7. The molecule has 236 valence electrons. The van der Waals surface area contributed by atoms with E-state index in [1.54, 1.807) is 24.3 Å². The number of aliphatic hydroxyl groups is 1. The van der Waals surface area contributed by atoms with Gasteiger partial charge in [-0.2, -0.15) is 0 Å².